The topological polar surface area (TPSA) is 58.3 Å². The number of aromatic nitrogens is 3. The van der Waals surface area contributed by atoms with E-state index >= 15 is 0 Å². The van der Waals surface area contributed by atoms with Crippen LogP contribution < -0.4 is 5.32 Å². The summed E-state index contributed by atoms with van der Waals surface area (Å²) >= 11 is 0. The molecule has 0 bridgehead atoms. The van der Waals surface area contributed by atoms with E-state index in [0.717, 1.165) is 30.6 Å². The highest BCUT2D eigenvalue weighted by atomic mass is 15.3. The van der Waals surface area contributed by atoms with Gasteiger partial charge in [0.1, 0.15) is 12.9 Å². The van der Waals surface area contributed by atoms with Crippen LogP contribution in [0.1, 0.15) is 23.9 Å². The van der Waals surface area contributed by atoms with Gasteiger partial charge in [0.2, 0.25) is 0 Å². The largest absolute Gasteiger partial charge is 0.357 e. The van der Waals surface area contributed by atoms with Gasteiger partial charge in [-0.2, -0.15) is 0 Å². The Kier molecular flexibility index (Phi) is 6.20. The van der Waals surface area contributed by atoms with Crippen LogP contribution >= 0.6 is 0 Å². The molecule has 140 valence electrons. The molecular formula is C21H26N6. The van der Waals surface area contributed by atoms with E-state index in [9.17, 15) is 0 Å². The third-order valence-electron chi connectivity index (χ3n) is 4.26. The predicted octanol–water partition coefficient (Wildman–Crippen LogP) is 3.17. The van der Waals surface area contributed by atoms with Crippen LogP contribution in [-0.4, -0.2) is 39.2 Å². The Hall–Kier alpha value is -3.15. The Morgan fingerprint density at radius 3 is 2.56 bits per heavy atom. The van der Waals surface area contributed by atoms with Gasteiger partial charge in [0, 0.05) is 25.8 Å². The molecule has 0 saturated carbocycles. The van der Waals surface area contributed by atoms with Crippen LogP contribution in [0, 0.1) is 6.92 Å². The van der Waals surface area contributed by atoms with Crippen molar-refractivity contribution in [1.29, 1.82) is 0 Å². The Balaban J connectivity index is 1.74. The fraction of sp³-hybridized carbons (Fsp3) is 0.286. The number of benzene rings is 2. The summed E-state index contributed by atoms with van der Waals surface area (Å²) in [6.45, 7) is 6.22. The standard InChI is InChI=1S/C21H26N6/c1-4-22-21(26(3)15-18-12-10-17(2)11-13-18)23-14-20-25-24-16-27(20)19-8-6-5-7-9-19/h5-13,16H,4,14-15H2,1-3H3,(H,22,23). The Labute approximate surface area is 160 Å². The smallest absolute Gasteiger partial charge is 0.194 e. The molecule has 0 saturated heterocycles. The zero-order valence-corrected chi connectivity index (χ0v) is 16.1. The summed E-state index contributed by atoms with van der Waals surface area (Å²) in [5.74, 6) is 1.65. The lowest BCUT2D eigenvalue weighted by atomic mass is 10.1. The van der Waals surface area contributed by atoms with Gasteiger partial charge in [0.25, 0.3) is 0 Å². The molecule has 0 spiro atoms. The lowest BCUT2D eigenvalue weighted by molar-refractivity contribution is 0.476. The first-order valence-electron chi connectivity index (χ1n) is 9.16. The van der Waals surface area contributed by atoms with Crippen molar-refractivity contribution in [2.24, 2.45) is 4.99 Å². The summed E-state index contributed by atoms with van der Waals surface area (Å²) in [5, 5.41) is 11.6. The number of nitrogens with zero attached hydrogens (tertiary/aromatic N) is 5. The summed E-state index contributed by atoms with van der Waals surface area (Å²) in [7, 11) is 2.04. The van der Waals surface area contributed by atoms with E-state index in [2.05, 4.69) is 58.5 Å². The number of hydrogen-bond donors (Lipinski definition) is 1. The van der Waals surface area contributed by atoms with Gasteiger partial charge in [-0.25, -0.2) is 4.99 Å². The van der Waals surface area contributed by atoms with Crippen LogP contribution in [0.25, 0.3) is 5.69 Å². The Morgan fingerprint density at radius 1 is 1.11 bits per heavy atom. The maximum Gasteiger partial charge on any atom is 0.194 e. The predicted molar refractivity (Wildman–Crippen MR) is 109 cm³/mol. The van der Waals surface area contributed by atoms with Crippen LogP contribution in [0.5, 0.6) is 0 Å². The van der Waals surface area contributed by atoms with Crippen molar-refractivity contribution in [3.8, 4) is 5.69 Å². The number of aryl methyl sites for hydroxylation is 1. The second kappa shape index (κ2) is 8.98. The normalized spacial score (nSPS) is 11.4. The van der Waals surface area contributed by atoms with Gasteiger partial charge in [-0.05, 0) is 31.5 Å². The first kappa shape index (κ1) is 18.6. The van der Waals surface area contributed by atoms with Crippen molar-refractivity contribution in [3.05, 3.63) is 77.9 Å². The zero-order valence-electron chi connectivity index (χ0n) is 16.1. The zero-order chi connectivity index (χ0) is 19.1. The second-order valence-corrected chi connectivity index (χ2v) is 6.46. The highest BCUT2D eigenvalue weighted by molar-refractivity contribution is 5.79. The first-order valence-corrected chi connectivity index (χ1v) is 9.16. The van der Waals surface area contributed by atoms with Gasteiger partial charge in [0.05, 0.1) is 0 Å². The van der Waals surface area contributed by atoms with Crippen molar-refractivity contribution < 1.29 is 0 Å². The molecule has 1 N–H and O–H groups in total. The maximum atomic E-state index is 4.76. The number of para-hydroxylation sites is 1. The molecule has 0 fully saturated rings. The SMILES string of the molecule is CCNC(=NCc1nncn1-c1ccccc1)N(C)Cc1ccc(C)cc1. The Bertz CT molecular complexity index is 867. The van der Waals surface area contributed by atoms with Crippen LogP contribution in [-0.2, 0) is 13.1 Å². The van der Waals surface area contributed by atoms with Crippen molar-refractivity contribution >= 4 is 5.96 Å². The minimum Gasteiger partial charge on any atom is -0.357 e. The summed E-state index contributed by atoms with van der Waals surface area (Å²) < 4.78 is 1.97. The van der Waals surface area contributed by atoms with Crippen molar-refractivity contribution in [1.82, 2.24) is 25.0 Å². The third-order valence-corrected chi connectivity index (χ3v) is 4.26. The van der Waals surface area contributed by atoms with Gasteiger partial charge in [0.15, 0.2) is 11.8 Å². The molecule has 27 heavy (non-hydrogen) atoms. The monoisotopic (exact) mass is 362 g/mol. The van der Waals surface area contributed by atoms with Gasteiger partial charge in [-0.15, -0.1) is 10.2 Å². The quantitative estimate of drug-likeness (QED) is 0.540. The Morgan fingerprint density at radius 2 is 1.85 bits per heavy atom. The minimum atomic E-state index is 0.454. The molecule has 0 atom stereocenters. The van der Waals surface area contributed by atoms with E-state index < -0.39 is 0 Å². The molecule has 1 heterocycles. The van der Waals surface area contributed by atoms with Crippen molar-refractivity contribution in [3.63, 3.8) is 0 Å². The average molecular weight is 362 g/mol. The number of aliphatic imine (C=N–C) groups is 1. The van der Waals surface area contributed by atoms with Crippen LogP contribution in [0.2, 0.25) is 0 Å². The van der Waals surface area contributed by atoms with E-state index in [4.69, 9.17) is 4.99 Å². The molecular weight excluding hydrogens is 336 g/mol. The number of nitrogens with one attached hydrogen (secondary N) is 1. The third kappa shape index (κ3) is 4.94. The second-order valence-electron chi connectivity index (χ2n) is 6.46. The number of rotatable bonds is 6. The maximum absolute atomic E-state index is 4.76. The van der Waals surface area contributed by atoms with Crippen LogP contribution in [0.4, 0.5) is 0 Å². The van der Waals surface area contributed by atoms with E-state index in [1.807, 2.05) is 41.9 Å². The number of hydrogen-bond acceptors (Lipinski definition) is 3. The lowest BCUT2D eigenvalue weighted by Gasteiger charge is -2.22. The molecule has 0 aliphatic heterocycles. The molecule has 2 aromatic carbocycles. The molecule has 0 aliphatic rings. The number of guanidine groups is 1. The van der Waals surface area contributed by atoms with E-state index in [0.29, 0.717) is 6.54 Å². The fourth-order valence-electron chi connectivity index (χ4n) is 2.83. The highest BCUT2D eigenvalue weighted by Gasteiger charge is 2.09. The molecule has 0 radical (unpaired) electrons. The first-order chi connectivity index (χ1) is 13.2. The van der Waals surface area contributed by atoms with Gasteiger partial charge in [-0.3, -0.25) is 4.57 Å². The van der Waals surface area contributed by atoms with E-state index in [-0.39, 0.29) is 0 Å². The summed E-state index contributed by atoms with van der Waals surface area (Å²) in [5.41, 5.74) is 3.55. The summed E-state index contributed by atoms with van der Waals surface area (Å²) in [6, 6.07) is 18.6. The van der Waals surface area contributed by atoms with Crippen molar-refractivity contribution in [2.45, 2.75) is 26.9 Å². The molecule has 6 heteroatoms. The van der Waals surface area contributed by atoms with E-state index in [1.54, 1.807) is 6.33 Å². The van der Waals surface area contributed by atoms with Gasteiger partial charge >= 0.3 is 0 Å². The average Bonchev–Trinajstić information content (AvgIpc) is 3.16. The molecule has 0 amide bonds. The van der Waals surface area contributed by atoms with Crippen molar-refractivity contribution in [2.75, 3.05) is 13.6 Å². The lowest BCUT2D eigenvalue weighted by Crippen LogP contribution is -2.38. The molecule has 6 nitrogen and oxygen atoms in total. The molecule has 0 aliphatic carbocycles. The van der Waals surface area contributed by atoms with Gasteiger partial charge in [-0.1, -0.05) is 48.0 Å². The van der Waals surface area contributed by atoms with Crippen LogP contribution in [0.3, 0.4) is 0 Å². The highest BCUT2D eigenvalue weighted by Crippen LogP contribution is 2.10. The molecule has 0 unspecified atom stereocenters. The molecule has 3 rings (SSSR count). The molecule has 3 aromatic rings. The summed E-state index contributed by atoms with van der Waals surface area (Å²) in [4.78, 5) is 6.89. The minimum absolute atomic E-state index is 0.454. The fourth-order valence-corrected chi connectivity index (χ4v) is 2.83. The molecule has 1 aromatic heterocycles. The van der Waals surface area contributed by atoms with E-state index in [1.165, 1.54) is 11.1 Å². The van der Waals surface area contributed by atoms with Crippen LogP contribution in [0.15, 0.2) is 65.9 Å². The summed E-state index contributed by atoms with van der Waals surface area (Å²) in [6.07, 6.45) is 1.73. The van der Waals surface area contributed by atoms with Gasteiger partial charge < -0.3 is 10.2 Å².